The first-order valence-electron chi connectivity index (χ1n) is 8.66. The van der Waals surface area contributed by atoms with E-state index in [0.717, 1.165) is 0 Å². The highest BCUT2D eigenvalue weighted by Crippen LogP contribution is 2.23. The fourth-order valence-corrected chi connectivity index (χ4v) is 2.37. The number of nitrogens with one attached hydrogen (secondary N) is 2. The first-order valence-corrected chi connectivity index (χ1v) is 8.66. The van der Waals surface area contributed by atoms with E-state index in [9.17, 15) is 18.8 Å². The summed E-state index contributed by atoms with van der Waals surface area (Å²) in [5.74, 6) is -2.23. The van der Waals surface area contributed by atoms with Crippen molar-refractivity contribution >= 4 is 17.8 Å². The Labute approximate surface area is 165 Å². The summed E-state index contributed by atoms with van der Waals surface area (Å²) in [6.07, 6.45) is -1.18. The number of halogens is 1. The van der Waals surface area contributed by atoms with E-state index in [1.165, 1.54) is 43.3 Å². The molecule has 0 radical (unpaired) electrons. The van der Waals surface area contributed by atoms with Gasteiger partial charge >= 0.3 is 5.97 Å². The number of rotatable bonds is 5. The van der Waals surface area contributed by atoms with Crippen molar-refractivity contribution in [3.05, 3.63) is 83.9 Å². The maximum atomic E-state index is 13.0. The van der Waals surface area contributed by atoms with Crippen molar-refractivity contribution in [1.29, 1.82) is 0 Å². The predicted octanol–water partition coefficient (Wildman–Crippen LogP) is 3.09. The summed E-state index contributed by atoms with van der Waals surface area (Å²) in [6, 6.07) is 16.8. The normalized spacial score (nSPS) is 11.4. The van der Waals surface area contributed by atoms with Gasteiger partial charge in [0.1, 0.15) is 11.6 Å². The number of hydrogen-bond donors (Lipinski definition) is 2. The Morgan fingerprint density at radius 3 is 2.31 bits per heavy atom. The Bertz CT molecular complexity index is 1020. The molecule has 0 saturated carbocycles. The summed E-state index contributed by atoms with van der Waals surface area (Å²) >= 11 is 0. The molecule has 0 bridgehead atoms. The molecule has 148 valence electrons. The molecule has 3 rings (SSSR count). The van der Waals surface area contributed by atoms with Gasteiger partial charge in [-0.3, -0.25) is 20.4 Å². The largest absolute Gasteiger partial charge is 0.449 e. The van der Waals surface area contributed by atoms with Crippen molar-refractivity contribution in [2.24, 2.45) is 0 Å². The SMILES string of the molecule is C[C@H](OC(=O)c1ccc(-c2ccc(F)cc2)o1)C(=O)NNC(=O)c1ccccc1. The molecule has 3 aromatic rings. The number of carbonyl (C=O) groups is 3. The van der Waals surface area contributed by atoms with Gasteiger partial charge in [0.05, 0.1) is 0 Å². The third-order valence-corrected chi connectivity index (χ3v) is 3.92. The smallest absolute Gasteiger partial charge is 0.375 e. The highest BCUT2D eigenvalue weighted by molar-refractivity contribution is 5.96. The number of amides is 2. The third kappa shape index (κ3) is 5.07. The number of hydrazine groups is 1. The highest BCUT2D eigenvalue weighted by Gasteiger charge is 2.22. The van der Waals surface area contributed by atoms with E-state index < -0.39 is 23.9 Å². The average molecular weight is 396 g/mol. The van der Waals surface area contributed by atoms with Gasteiger partial charge in [-0.05, 0) is 55.5 Å². The van der Waals surface area contributed by atoms with Crippen LogP contribution in [0.4, 0.5) is 4.39 Å². The quantitative estimate of drug-likeness (QED) is 0.510. The van der Waals surface area contributed by atoms with Gasteiger partial charge in [-0.2, -0.15) is 0 Å². The molecule has 0 saturated heterocycles. The molecule has 0 aliphatic carbocycles. The number of furan rings is 1. The zero-order valence-corrected chi connectivity index (χ0v) is 15.3. The zero-order chi connectivity index (χ0) is 20.8. The van der Waals surface area contributed by atoms with E-state index >= 15 is 0 Å². The third-order valence-electron chi connectivity index (χ3n) is 3.92. The van der Waals surface area contributed by atoms with Gasteiger partial charge in [0.25, 0.3) is 11.8 Å². The lowest BCUT2D eigenvalue weighted by molar-refractivity contribution is -0.129. The van der Waals surface area contributed by atoms with Crippen LogP contribution in [0.2, 0.25) is 0 Å². The molecule has 0 fully saturated rings. The first kappa shape index (κ1) is 19.8. The van der Waals surface area contributed by atoms with Crippen LogP contribution >= 0.6 is 0 Å². The molecule has 1 heterocycles. The summed E-state index contributed by atoms with van der Waals surface area (Å²) in [6.45, 7) is 1.35. The van der Waals surface area contributed by atoms with Gasteiger partial charge in [0, 0.05) is 11.1 Å². The second-order valence-corrected chi connectivity index (χ2v) is 6.03. The molecule has 0 unspecified atom stereocenters. The minimum absolute atomic E-state index is 0.114. The number of hydrogen-bond acceptors (Lipinski definition) is 5. The molecule has 1 atom stereocenters. The van der Waals surface area contributed by atoms with Gasteiger partial charge in [0.2, 0.25) is 5.76 Å². The maximum absolute atomic E-state index is 13.0. The van der Waals surface area contributed by atoms with E-state index in [1.54, 1.807) is 30.3 Å². The summed E-state index contributed by atoms with van der Waals surface area (Å²) in [7, 11) is 0. The Kier molecular flexibility index (Phi) is 6.03. The Morgan fingerprint density at radius 2 is 1.62 bits per heavy atom. The molecular weight excluding hydrogens is 379 g/mol. The molecule has 0 spiro atoms. The van der Waals surface area contributed by atoms with Crippen LogP contribution in [0.5, 0.6) is 0 Å². The zero-order valence-electron chi connectivity index (χ0n) is 15.3. The summed E-state index contributed by atoms with van der Waals surface area (Å²) in [4.78, 5) is 36.1. The van der Waals surface area contributed by atoms with Crippen LogP contribution in [0.15, 0.2) is 71.1 Å². The molecule has 8 heteroatoms. The van der Waals surface area contributed by atoms with E-state index in [-0.39, 0.29) is 11.6 Å². The monoisotopic (exact) mass is 396 g/mol. The maximum Gasteiger partial charge on any atom is 0.375 e. The fourth-order valence-electron chi connectivity index (χ4n) is 2.37. The van der Waals surface area contributed by atoms with Crippen molar-refractivity contribution in [2.45, 2.75) is 13.0 Å². The molecule has 0 aliphatic rings. The summed E-state index contributed by atoms with van der Waals surface area (Å²) in [5.41, 5.74) is 5.38. The molecule has 1 aromatic heterocycles. The van der Waals surface area contributed by atoms with Crippen molar-refractivity contribution < 1.29 is 27.9 Å². The van der Waals surface area contributed by atoms with Gasteiger partial charge in [0.15, 0.2) is 6.10 Å². The number of benzene rings is 2. The van der Waals surface area contributed by atoms with Crippen molar-refractivity contribution in [2.75, 3.05) is 0 Å². The van der Waals surface area contributed by atoms with Crippen LogP contribution in [0.25, 0.3) is 11.3 Å². The van der Waals surface area contributed by atoms with Gasteiger partial charge in [-0.1, -0.05) is 18.2 Å². The lowest BCUT2D eigenvalue weighted by Gasteiger charge is -2.13. The van der Waals surface area contributed by atoms with Crippen molar-refractivity contribution in [3.8, 4) is 11.3 Å². The van der Waals surface area contributed by atoms with E-state index in [4.69, 9.17) is 9.15 Å². The number of carbonyl (C=O) groups excluding carboxylic acids is 3. The molecule has 7 nitrogen and oxygen atoms in total. The minimum atomic E-state index is -1.18. The molecule has 2 aromatic carbocycles. The Morgan fingerprint density at radius 1 is 0.931 bits per heavy atom. The second-order valence-electron chi connectivity index (χ2n) is 6.03. The van der Waals surface area contributed by atoms with Crippen LogP contribution < -0.4 is 10.9 Å². The topological polar surface area (TPSA) is 97.6 Å². The van der Waals surface area contributed by atoms with Crippen molar-refractivity contribution in [1.82, 2.24) is 10.9 Å². The van der Waals surface area contributed by atoms with Gasteiger partial charge in [-0.15, -0.1) is 0 Å². The Hall–Kier alpha value is -3.94. The van der Waals surface area contributed by atoms with Crippen LogP contribution in [0, 0.1) is 5.82 Å². The van der Waals surface area contributed by atoms with Gasteiger partial charge in [-0.25, -0.2) is 9.18 Å². The standard InChI is InChI=1S/C21H17FN2O5/c1-13(19(25)23-24-20(26)15-5-3-2-4-6-15)28-21(27)18-12-11-17(29-18)14-7-9-16(22)10-8-14/h2-13H,1H3,(H,23,25)(H,24,26)/t13-/m0/s1. The summed E-state index contributed by atoms with van der Waals surface area (Å²) < 4.78 is 23.5. The predicted molar refractivity (Wildman–Crippen MR) is 101 cm³/mol. The van der Waals surface area contributed by atoms with Crippen LogP contribution in [0.3, 0.4) is 0 Å². The summed E-state index contributed by atoms with van der Waals surface area (Å²) in [5, 5.41) is 0. The lowest BCUT2D eigenvalue weighted by Crippen LogP contribution is -2.46. The van der Waals surface area contributed by atoms with Crippen LogP contribution in [-0.4, -0.2) is 23.9 Å². The molecular formula is C21H17FN2O5. The minimum Gasteiger partial charge on any atom is -0.449 e. The molecule has 2 N–H and O–H groups in total. The van der Waals surface area contributed by atoms with E-state index in [1.807, 2.05) is 0 Å². The molecule has 0 aliphatic heterocycles. The number of esters is 1. The highest BCUT2D eigenvalue weighted by atomic mass is 19.1. The van der Waals surface area contributed by atoms with Crippen LogP contribution in [-0.2, 0) is 9.53 Å². The van der Waals surface area contributed by atoms with Crippen molar-refractivity contribution in [3.63, 3.8) is 0 Å². The van der Waals surface area contributed by atoms with Crippen LogP contribution in [0.1, 0.15) is 27.8 Å². The van der Waals surface area contributed by atoms with E-state index in [2.05, 4.69) is 10.9 Å². The first-order chi connectivity index (χ1) is 13.9. The Balaban J connectivity index is 1.54. The fraction of sp³-hybridized carbons (Fsp3) is 0.0952. The lowest BCUT2D eigenvalue weighted by atomic mass is 10.2. The number of ether oxygens (including phenoxy) is 1. The molecule has 2 amide bonds. The van der Waals surface area contributed by atoms with Gasteiger partial charge < -0.3 is 9.15 Å². The molecule has 29 heavy (non-hydrogen) atoms. The average Bonchev–Trinajstić information content (AvgIpc) is 3.23. The second kappa shape index (κ2) is 8.83. The van der Waals surface area contributed by atoms with E-state index in [0.29, 0.717) is 16.9 Å².